The molecule has 0 aromatic carbocycles. The maximum atomic E-state index is 11.2. The van der Waals surface area contributed by atoms with Crippen LogP contribution in [-0.2, 0) is 9.84 Å². The molecule has 0 aromatic heterocycles. The van der Waals surface area contributed by atoms with E-state index in [0.717, 1.165) is 25.7 Å². The summed E-state index contributed by atoms with van der Waals surface area (Å²) >= 11 is 0. The molecule has 0 amide bonds. The minimum absolute atomic E-state index is 0.339. The smallest absolute Gasteiger partial charge is 0.174 e. The molecule has 0 unspecified atom stereocenters. The largest absolute Gasteiger partial charge is 0.224 e. The molecule has 0 aliphatic carbocycles. The maximum Gasteiger partial charge on any atom is 0.174 e. The van der Waals surface area contributed by atoms with Gasteiger partial charge < -0.3 is 0 Å². The topological polar surface area (TPSA) is 34.1 Å². The van der Waals surface area contributed by atoms with E-state index < -0.39 is 9.84 Å². The number of hydrogen-bond donors (Lipinski definition) is 0. The van der Waals surface area contributed by atoms with Crippen LogP contribution in [0.3, 0.4) is 0 Å². The van der Waals surface area contributed by atoms with E-state index in [2.05, 4.69) is 6.92 Å². The molecule has 1 heterocycles. The van der Waals surface area contributed by atoms with Gasteiger partial charge >= 0.3 is 0 Å². The minimum Gasteiger partial charge on any atom is -0.224 e. The molecule has 1 aliphatic rings. The second kappa shape index (κ2) is 3.39. The average Bonchev–Trinajstić information content (AvgIpc) is 2.25. The second-order valence-corrected chi connectivity index (χ2v) is 5.04. The molecule has 0 radical (unpaired) electrons. The Labute approximate surface area is 68.2 Å². The third kappa shape index (κ3) is 2.06. The SMILES string of the molecule is CCCCC1=CCCS1(=O)=O. The van der Waals surface area contributed by atoms with Gasteiger partial charge in [0.2, 0.25) is 0 Å². The van der Waals surface area contributed by atoms with Crippen LogP contribution in [0.25, 0.3) is 0 Å². The van der Waals surface area contributed by atoms with Crippen molar-refractivity contribution in [2.45, 2.75) is 32.6 Å². The molecule has 64 valence electrons. The summed E-state index contributed by atoms with van der Waals surface area (Å²) in [5.41, 5.74) is 0. The van der Waals surface area contributed by atoms with Gasteiger partial charge in [0.05, 0.1) is 5.75 Å². The highest BCUT2D eigenvalue weighted by Gasteiger charge is 2.21. The fraction of sp³-hybridized carbons (Fsp3) is 0.750. The molecule has 2 nitrogen and oxygen atoms in total. The molecule has 11 heavy (non-hydrogen) atoms. The first-order valence-electron chi connectivity index (χ1n) is 4.08. The van der Waals surface area contributed by atoms with Crippen LogP contribution in [0.4, 0.5) is 0 Å². The molecule has 0 aromatic rings. The van der Waals surface area contributed by atoms with E-state index in [-0.39, 0.29) is 0 Å². The Balaban J connectivity index is 2.58. The first kappa shape index (κ1) is 8.78. The lowest BCUT2D eigenvalue weighted by Crippen LogP contribution is -2.01. The molecule has 0 bridgehead atoms. The molecule has 1 aliphatic heterocycles. The highest BCUT2D eigenvalue weighted by Crippen LogP contribution is 2.22. The zero-order valence-corrected chi connectivity index (χ0v) is 7.65. The summed E-state index contributed by atoms with van der Waals surface area (Å²) in [6, 6.07) is 0. The summed E-state index contributed by atoms with van der Waals surface area (Å²) in [4.78, 5) is 0.680. The molecule has 0 fully saturated rings. The summed E-state index contributed by atoms with van der Waals surface area (Å²) in [5.74, 6) is 0.339. The van der Waals surface area contributed by atoms with Crippen molar-refractivity contribution in [3.05, 3.63) is 11.0 Å². The molecule has 0 saturated carbocycles. The van der Waals surface area contributed by atoms with E-state index in [1.54, 1.807) is 0 Å². The molecule has 0 atom stereocenters. The van der Waals surface area contributed by atoms with Gasteiger partial charge in [-0.15, -0.1) is 0 Å². The number of hydrogen-bond acceptors (Lipinski definition) is 2. The Hall–Kier alpha value is -0.310. The van der Waals surface area contributed by atoms with E-state index in [1.165, 1.54) is 0 Å². The molecule has 1 rings (SSSR count). The fourth-order valence-corrected chi connectivity index (χ4v) is 2.76. The van der Waals surface area contributed by atoms with Gasteiger partial charge in [-0.3, -0.25) is 0 Å². The Morgan fingerprint density at radius 2 is 2.27 bits per heavy atom. The van der Waals surface area contributed by atoms with Crippen molar-refractivity contribution in [2.24, 2.45) is 0 Å². The second-order valence-electron chi connectivity index (χ2n) is 2.88. The minimum atomic E-state index is -2.80. The van der Waals surface area contributed by atoms with Gasteiger partial charge in [0.25, 0.3) is 0 Å². The van der Waals surface area contributed by atoms with E-state index in [9.17, 15) is 8.42 Å². The zero-order chi connectivity index (χ0) is 8.32. The number of allylic oxidation sites excluding steroid dienone is 2. The average molecular weight is 174 g/mol. The standard InChI is InChI=1S/C8H14O2S/c1-2-3-5-8-6-4-7-11(8,9)10/h6H,2-5,7H2,1H3. The third-order valence-corrected chi connectivity index (χ3v) is 3.88. The van der Waals surface area contributed by atoms with Crippen LogP contribution in [0.2, 0.25) is 0 Å². The third-order valence-electron chi connectivity index (χ3n) is 1.93. The van der Waals surface area contributed by atoms with Crippen molar-refractivity contribution < 1.29 is 8.42 Å². The van der Waals surface area contributed by atoms with Crippen molar-refractivity contribution in [1.29, 1.82) is 0 Å². The van der Waals surface area contributed by atoms with E-state index in [4.69, 9.17) is 0 Å². The summed E-state index contributed by atoms with van der Waals surface area (Å²) in [7, 11) is -2.80. The highest BCUT2D eigenvalue weighted by molar-refractivity contribution is 7.95. The maximum absolute atomic E-state index is 11.2. The van der Waals surface area contributed by atoms with Gasteiger partial charge in [-0.1, -0.05) is 19.4 Å². The zero-order valence-electron chi connectivity index (χ0n) is 6.84. The number of rotatable bonds is 3. The highest BCUT2D eigenvalue weighted by atomic mass is 32.2. The normalized spacial score (nSPS) is 21.7. The van der Waals surface area contributed by atoms with Gasteiger partial charge in [0.15, 0.2) is 9.84 Å². The number of unbranched alkanes of at least 4 members (excludes halogenated alkanes) is 1. The van der Waals surface area contributed by atoms with Crippen molar-refractivity contribution in [3.8, 4) is 0 Å². The molecule has 3 heteroatoms. The van der Waals surface area contributed by atoms with Crippen molar-refractivity contribution in [3.63, 3.8) is 0 Å². The molecular formula is C8H14O2S. The van der Waals surface area contributed by atoms with Crippen LogP contribution in [-0.4, -0.2) is 14.2 Å². The summed E-state index contributed by atoms with van der Waals surface area (Å²) in [6.07, 6.45) is 5.39. The lowest BCUT2D eigenvalue weighted by Gasteiger charge is -1.99. The predicted octanol–water partition coefficient (Wildman–Crippen LogP) is 1.88. The first-order chi connectivity index (χ1) is 5.17. The first-order valence-corrected chi connectivity index (χ1v) is 5.74. The van der Waals surface area contributed by atoms with Gasteiger partial charge in [-0.2, -0.15) is 0 Å². The quantitative estimate of drug-likeness (QED) is 0.654. The van der Waals surface area contributed by atoms with Crippen molar-refractivity contribution in [2.75, 3.05) is 5.75 Å². The van der Waals surface area contributed by atoms with E-state index in [1.807, 2.05) is 6.08 Å². The molecular weight excluding hydrogens is 160 g/mol. The van der Waals surface area contributed by atoms with Crippen LogP contribution in [0.15, 0.2) is 11.0 Å². The Kier molecular flexibility index (Phi) is 2.71. The summed E-state index contributed by atoms with van der Waals surface area (Å²) < 4.78 is 22.4. The van der Waals surface area contributed by atoms with Gasteiger partial charge in [-0.05, 0) is 19.3 Å². The van der Waals surface area contributed by atoms with Crippen LogP contribution in [0.5, 0.6) is 0 Å². The van der Waals surface area contributed by atoms with Crippen LogP contribution in [0.1, 0.15) is 32.6 Å². The predicted molar refractivity (Wildman–Crippen MR) is 46.0 cm³/mol. The van der Waals surface area contributed by atoms with Crippen molar-refractivity contribution >= 4 is 9.84 Å². The Morgan fingerprint density at radius 3 is 2.73 bits per heavy atom. The number of sulfone groups is 1. The lowest BCUT2D eigenvalue weighted by molar-refractivity contribution is 0.601. The van der Waals surface area contributed by atoms with E-state index >= 15 is 0 Å². The van der Waals surface area contributed by atoms with Crippen molar-refractivity contribution in [1.82, 2.24) is 0 Å². The van der Waals surface area contributed by atoms with Crippen LogP contribution in [0, 0.1) is 0 Å². The fourth-order valence-electron chi connectivity index (χ4n) is 1.24. The molecule has 0 N–H and O–H groups in total. The van der Waals surface area contributed by atoms with Gasteiger partial charge in [0.1, 0.15) is 0 Å². The molecule has 0 spiro atoms. The van der Waals surface area contributed by atoms with Crippen LogP contribution >= 0.6 is 0 Å². The molecule has 0 saturated heterocycles. The Bertz CT molecular complexity index is 249. The monoisotopic (exact) mass is 174 g/mol. The van der Waals surface area contributed by atoms with Crippen LogP contribution < -0.4 is 0 Å². The van der Waals surface area contributed by atoms with E-state index in [0.29, 0.717) is 10.7 Å². The Morgan fingerprint density at radius 1 is 1.55 bits per heavy atom. The summed E-state index contributed by atoms with van der Waals surface area (Å²) in [6.45, 7) is 2.07. The lowest BCUT2D eigenvalue weighted by atomic mass is 10.2. The van der Waals surface area contributed by atoms with Gasteiger partial charge in [0, 0.05) is 4.91 Å². The summed E-state index contributed by atoms with van der Waals surface area (Å²) in [5, 5.41) is 0. The van der Waals surface area contributed by atoms with Gasteiger partial charge in [-0.25, -0.2) is 8.42 Å².